The maximum absolute atomic E-state index is 12.3. The Balaban J connectivity index is 2.52. The molecule has 0 saturated heterocycles. The topological polar surface area (TPSA) is 107 Å². The predicted molar refractivity (Wildman–Crippen MR) is 77.4 cm³/mol. The van der Waals surface area contributed by atoms with Crippen molar-refractivity contribution in [1.82, 2.24) is 19.7 Å². The number of rotatable bonds is 3. The first kappa shape index (κ1) is 13.0. The van der Waals surface area contributed by atoms with Crippen LogP contribution in [0.2, 0.25) is 0 Å². The van der Waals surface area contributed by atoms with E-state index in [1.165, 1.54) is 12.3 Å². The monoisotopic (exact) mass is 283 g/mol. The van der Waals surface area contributed by atoms with Gasteiger partial charge in [-0.3, -0.25) is 24.2 Å². The molecule has 0 saturated carbocycles. The van der Waals surface area contributed by atoms with Crippen LogP contribution in [0.1, 0.15) is 23.1 Å². The second-order valence-electron chi connectivity index (χ2n) is 4.54. The van der Waals surface area contributed by atoms with Gasteiger partial charge in [0.1, 0.15) is 5.69 Å². The molecule has 3 aromatic rings. The zero-order valence-electron chi connectivity index (χ0n) is 11.3. The summed E-state index contributed by atoms with van der Waals surface area (Å²) in [4.78, 5) is 27.8. The van der Waals surface area contributed by atoms with Crippen molar-refractivity contribution in [1.29, 1.82) is 0 Å². The van der Waals surface area contributed by atoms with Crippen LogP contribution in [0.15, 0.2) is 35.4 Å². The molecule has 0 spiro atoms. The van der Waals surface area contributed by atoms with Gasteiger partial charge in [-0.15, -0.1) is 0 Å². The Hall–Kier alpha value is -2.96. The van der Waals surface area contributed by atoms with E-state index >= 15 is 0 Å². The van der Waals surface area contributed by atoms with E-state index in [9.17, 15) is 9.59 Å². The SMILES string of the molecule is CCc1cc(=O)c2c(C(N)=O)nccc2n1-c1cc[nH]n1. The standard InChI is InChI=1S/C14H13N5O2/c1-2-8-7-10(20)12-9(3-5-16-13(12)14(15)21)19(8)11-4-6-17-18-11/h3-7H,2H2,1H3,(H2,15,21)(H,17,18). The first-order valence-corrected chi connectivity index (χ1v) is 6.47. The summed E-state index contributed by atoms with van der Waals surface area (Å²) in [6, 6.07) is 4.95. The fraction of sp³-hybridized carbons (Fsp3) is 0.143. The summed E-state index contributed by atoms with van der Waals surface area (Å²) in [7, 11) is 0. The molecule has 0 aromatic carbocycles. The van der Waals surface area contributed by atoms with E-state index in [0.717, 1.165) is 5.69 Å². The van der Waals surface area contributed by atoms with Gasteiger partial charge < -0.3 is 5.73 Å². The Morgan fingerprint density at radius 1 is 1.43 bits per heavy atom. The lowest BCUT2D eigenvalue weighted by molar-refractivity contribution is 0.0997. The number of nitrogens with one attached hydrogen (secondary N) is 1. The van der Waals surface area contributed by atoms with Crippen molar-refractivity contribution in [2.45, 2.75) is 13.3 Å². The minimum Gasteiger partial charge on any atom is -0.364 e. The largest absolute Gasteiger partial charge is 0.364 e. The maximum atomic E-state index is 12.3. The Kier molecular flexibility index (Phi) is 3.02. The molecule has 1 amide bonds. The molecule has 0 aliphatic rings. The predicted octanol–water partition coefficient (Wildman–Crippen LogP) is 0.770. The summed E-state index contributed by atoms with van der Waals surface area (Å²) in [5.41, 5.74) is 6.38. The van der Waals surface area contributed by atoms with Crippen molar-refractivity contribution < 1.29 is 4.79 Å². The minimum atomic E-state index is -0.726. The average Bonchev–Trinajstić information content (AvgIpc) is 3.00. The summed E-state index contributed by atoms with van der Waals surface area (Å²) in [6.07, 6.45) is 3.80. The minimum absolute atomic E-state index is 0.0237. The number of primary amides is 1. The lowest BCUT2D eigenvalue weighted by Crippen LogP contribution is -2.20. The highest BCUT2D eigenvalue weighted by Crippen LogP contribution is 2.19. The van der Waals surface area contributed by atoms with Crippen LogP contribution in [0.3, 0.4) is 0 Å². The molecule has 3 N–H and O–H groups in total. The van der Waals surface area contributed by atoms with Crippen LogP contribution < -0.4 is 11.2 Å². The zero-order valence-corrected chi connectivity index (χ0v) is 11.3. The molecular formula is C14H13N5O2. The summed E-state index contributed by atoms with van der Waals surface area (Å²) in [5, 5.41) is 7.10. The van der Waals surface area contributed by atoms with Gasteiger partial charge in [0, 0.05) is 30.2 Å². The number of nitrogens with zero attached hydrogens (tertiary/aromatic N) is 3. The number of aryl methyl sites for hydroxylation is 1. The van der Waals surface area contributed by atoms with Gasteiger partial charge in [-0.2, -0.15) is 5.10 Å². The number of pyridine rings is 2. The Bertz CT molecular complexity index is 880. The highest BCUT2D eigenvalue weighted by molar-refractivity contribution is 6.03. The van der Waals surface area contributed by atoms with E-state index in [0.29, 0.717) is 17.8 Å². The molecule has 0 bridgehead atoms. The molecule has 106 valence electrons. The van der Waals surface area contributed by atoms with E-state index < -0.39 is 5.91 Å². The van der Waals surface area contributed by atoms with Crippen molar-refractivity contribution in [3.8, 4) is 5.82 Å². The molecule has 7 nitrogen and oxygen atoms in total. The van der Waals surface area contributed by atoms with Gasteiger partial charge in [-0.05, 0) is 12.5 Å². The molecule has 3 heterocycles. The highest BCUT2D eigenvalue weighted by atomic mass is 16.1. The number of aromatic amines is 1. The molecule has 3 rings (SSSR count). The van der Waals surface area contributed by atoms with Crippen molar-refractivity contribution in [3.05, 3.63) is 52.2 Å². The quantitative estimate of drug-likeness (QED) is 0.740. The lowest BCUT2D eigenvalue weighted by atomic mass is 10.1. The van der Waals surface area contributed by atoms with Gasteiger partial charge in [0.15, 0.2) is 11.2 Å². The molecular weight excluding hydrogens is 270 g/mol. The summed E-state index contributed by atoms with van der Waals surface area (Å²) in [6.45, 7) is 1.94. The zero-order chi connectivity index (χ0) is 15.0. The smallest absolute Gasteiger partial charge is 0.268 e. The first-order chi connectivity index (χ1) is 10.1. The average molecular weight is 283 g/mol. The number of nitrogens with two attached hydrogens (primary N) is 1. The summed E-state index contributed by atoms with van der Waals surface area (Å²) >= 11 is 0. The van der Waals surface area contributed by atoms with Crippen molar-refractivity contribution >= 4 is 16.8 Å². The summed E-state index contributed by atoms with van der Waals surface area (Å²) in [5.74, 6) is -0.0889. The van der Waals surface area contributed by atoms with Gasteiger partial charge >= 0.3 is 0 Å². The number of amides is 1. The summed E-state index contributed by atoms with van der Waals surface area (Å²) < 4.78 is 1.82. The van der Waals surface area contributed by atoms with Crippen LogP contribution in [0.5, 0.6) is 0 Å². The molecule has 0 atom stereocenters. The Morgan fingerprint density at radius 3 is 2.86 bits per heavy atom. The molecule has 0 fully saturated rings. The lowest BCUT2D eigenvalue weighted by Gasteiger charge is -2.14. The number of carbonyl (C=O) groups is 1. The highest BCUT2D eigenvalue weighted by Gasteiger charge is 2.17. The number of H-pyrrole nitrogens is 1. The Labute approximate surface area is 119 Å². The van der Waals surface area contributed by atoms with E-state index in [-0.39, 0.29) is 16.5 Å². The van der Waals surface area contributed by atoms with Crippen molar-refractivity contribution in [2.75, 3.05) is 0 Å². The normalized spacial score (nSPS) is 10.9. The van der Waals surface area contributed by atoms with Crippen LogP contribution in [0.25, 0.3) is 16.7 Å². The van der Waals surface area contributed by atoms with Crippen molar-refractivity contribution in [3.63, 3.8) is 0 Å². The van der Waals surface area contributed by atoms with Gasteiger partial charge in [0.05, 0.1) is 10.9 Å². The van der Waals surface area contributed by atoms with E-state index in [2.05, 4.69) is 15.2 Å². The van der Waals surface area contributed by atoms with Crippen LogP contribution >= 0.6 is 0 Å². The van der Waals surface area contributed by atoms with Gasteiger partial charge in [-0.1, -0.05) is 6.92 Å². The number of aromatic nitrogens is 4. The number of carbonyl (C=O) groups excluding carboxylic acids is 1. The number of hydrogen-bond acceptors (Lipinski definition) is 4. The van der Waals surface area contributed by atoms with Gasteiger partial charge in [0.2, 0.25) is 0 Å². The van der Waals surface area contributed by atoms with Crippen LogP contribution in [-0.2, 0) is 6.42 Å². The molecule has 21 heavy (non-hydrogen) atoms. The van der Waals surface area contributed by atoms with Crippen molar-refractivity contribution in [2.24, 2.45) is 5.73 Å². The molecule has 3 aromatic heterocycles. The van der Waals surface area contributed by atoms with Crippen LogP contribution in [0.4, 0.5) is 0 Å². The third kappa shape index (κ3) is 1.99. The second kappa shape index (κ2) is 4.86. The fourth-order valence-electron chi connectivity index (χ4n) is 2.42. The van der Waals surface area contributed by atoms with Gasteiger partial charge in [-0.25, -0.2) is 0 Å². The molecule has 0 radical (unpaired) electrons. The first-order valence-electron chi connectivity index (χ1n) is 6.47. The maximum Gasteiger partial charge on any atom is 0.268 e. The van der Waals surface area contributed by atoms with E-state index in [1.807, 2.05) is 11.5 Å². The number of hydrogen-bond donors (Lipinski definition) is 2. The molecule has 0 aliphatic heterocycles. The number of fused-ring (bicyclic) bond motifs is 1. The van der Waals surface area contributed by atoms with Crippen LogP contribution in [0, 0.1) is 0 Å². The Morgan fingerprint density at radius 2 is 2.24 bits per heavy atom. The molecule has 7 heteroatoms. The molecule has 0 aliphatic carbocycles. The third-order valence-corrected chi connectivity index (χ3v) is 3.31. The van der Waals surface area contributed by atoms with E-state index in [4.69, 9.17) is 5.73 Å². The van der Waals surface area contributed by atoms with E-state index in [1.54, 1.807) is 18.3 Å². The fourth-order valence-corrected chi connectivity index (χ4v) is 2.42. The molecule has 0 unspecified atom stereocenters. The second-order valence-corrected chi connectivity index (χ2v) is 4.54. The van der Waals surface area contributed by atoms with Gasteiger partial charge in [0.25, 0.3) is 5.91 Å². The third-order valence-electron chi connectivity index (χ3n) is 3.31. The van der Waals surface area contributed by atoms with Crippen LogP contribution in [-0.4, -0.2) is 25.7 Å².